The van der Waals surface area contributed by atoms with Crippen LogP contribution in [0.1, 0.15) is 30.7 Å². The molecule has 1 aliphatic heterocycles. The van der Waals surface area contributed by atoms with Crippen molar-refractivity contribution in [3.63, 3.8) is 0 Å². The van der Waals surface area contributed by atoms with E-state index in [0.717, 1.165) is 4.90 Å². The van der Waals surface area contributed by atoms with Gasteiger partial charge in [-0.15, -0.1) is 0 Å². The second-order valence-corrected chi connectivity index (χ2v) is 5.51. The lowest BCUT2D eigenvalue weighted by Crippen LogP contribution is -2.45. The van der Waals surface area contributed by atoms with Gasteiger partial charge in [-0.05, 0) is 32.8 Å². The lowest BCUT2D eigenvalue weighted by atomic mass is 10.2. The van der Waals surface area contributed by atoms with E-state index in [4.69, 9.17) is 0 Å². The highest BCUT2D eigenvalue weighted by Crippen LogP contribution is 2.32. The molecule has 0 aromatic carbocycles. The van der Waals surface area contributed by atoms with Crippen LogP contribution in [0.2, 0.25) is 0 Å². The molecule has 0 unspecified atom stereocenters. The van der Waals surface area contributed by atoms with Gasteiger partial charge in [0.15, 0.2) is 0 Å². The van der Waals surface area contributed by atoms with E-state index in [1.165, 1.54) is 4.57 Å². The highest BCUT2D eigenvalue weighted by Gasteiger charge is 2.47. The number of amides is 1. The van der Waals surface area contributed by atoms with Gasteiger partial charge < -0.3 is 4.90 Å². The number of carbonyl (C=O) groups is 1. The summed E-state index contributed by atoms with van der Waals surface area (Å²) in [6.45, 7) is 3.54. The van der Waals surface area contributed by atoms with Crippen molar-refractivity contribution in [2.45, 2.75) is 51.9 Å². The van der Waals surface area contributed by atoms with Crippen LogP contribution in [0.3, 0.4) is 0 Å². The summed E-state index contributed by atoms with van der Waals surface area (Å²) in [5, 5.41) is 0. The molecule has 1 saturated heterocycles. The molecule has 2 rings (SSSR count). The number of alkyl halides is 3. The lowest BCUT2D eigenvalue weighted by molar-refractivity contribution is -0.182. The zero-order valence-corrected chi connectivity index (χ0v) is 12.5. The third-order valence-corrected chi connectivity index (χ3v) is 3.85. The van der Waals surface area contributed by atoms with Gasteiger partial charge in [-0.3, -0.25) is 9.36 Å². The van der Waals surface area contributed by atoms with Gasteiger partial charge in [0.1, 0.15) is 6.04 Å². The topological polar surface area (TPSA) is 55.2 Å². The van der Waals surface area contributed by atoms with Gasteiger partial charge in [-0.25, -0.2) is 4.79 Å². The first-order valence-electron chi connectivity index (χ1n) is 7.11. The molecule has 0 N–H and O–H groups in total. The average Bonchev–Trinajstić information content (AvgIpc) is 2.86. The Kier molecular flexibility index (Phi) is 4.58. The van der Waals surface area contributed by atoms with Crippen LogP contribution in [0.4, 0.5) is 13.2 Å². The highest BCUT2D eigenvalue weighted by atomic mass is 19.4. The van der Waals surface area contributed by atoms with Gasteiger partial charge in [0.2, 0.25) is 5.91 Å². The van der Waals surface area contributed by atoms with Crippen LogP contribution in [-0.4, -0.2) is 39.1 Å². The van der Waals surface area contributed by atoms with Crippen LogP contribution in [0, 0.1) is 13.8 Å². The SMILES string of the molecule is Cc1cc(C)n(CCC(=O)N2CCC[C@@H]2C(F)(F)F)c(=O)n1. The first-order valence-corrected chi connectivity index (χ1v) is 7.11. The summed E-state index contributed by atoms with van der Waals surface area (Å²) in [5.41, 5.74) is 0.722. The van der Waals surface area contributed by atoms with Crippen molar-refractivity contribution in [2.24, 2.45) is 0 Å². The maximum absolute atomic E-state index is 12.8. The summed E-state index contributed by atoms with van der Waals surface area (Å²) in [4.78, 5) is 28.5. The van der Waals surface area contributed by atoms with Crippen molar-refractivity contribution in [3.05, 3.63) is 27.9 Å². The van der Waals surface area contributed by atoms with E-state index in [1.807, 2.05) is 0 Å². The number of aromatic nitrogens is 2. The number of likely N-dealkylation sites (tertiary alicyclic amines) is 1. The number of aryl methyl sites for hydroxylation is 2. The van der Waals surface area contributed by atoms with Crippen LogP contribution in [0.5, 0.6) is 0 Å². The fraction of sp³-hybridized carbons (Fsp3) is 0.643. The minimum Gasteiger partial charge on any atom is -0.331 e. The number of rotatable bonds is 3. The first-order chi connectivity index (χ1) is 10.2. The van der Waals surface area contributed by atoms with Gasteiger partial charge in [-0.1, -0.05) is 0 Å². The van der Waals surface area contributed by atoms with Crippen molar-refractivity contribution in [2.75, 3.05) is 6.54 Å². The van der Waals surface area contributed by atoms with Crippen molar-refractivity contribution in [1.29, 1.82) is 0 Å². The summed E-state index contributed by atoms with van der Waals surface area (Å²) < 4.78 is 39.9. The number of hydrogen-bond donors (Lipinski definition) is 0. The summed E-state index contributed by atoms with van der Waals surface area (Å²) in [6, 6.07) is -0.00534. The number of nitrogens with zero attached hydrogens (tertiary/aromatic N) is 3. The van der Waals surface area contributed by atoms with Crippen LogP contribution < -0.4 is 5.69 Å². The Labute approximate surface area is 125 Å². The molecule has 22 heavy (non-hydrogen) atoms. The van der Waals surface area contributed by atoms with Gasteiger partial charge in [0.05, 0.1) is 0 Å². The largest absolute Gasteiger partial charge is 0.408 e. The Morgan fingerprint density at radius 3 is 2.68 bits per heavy atom. The molecule has 1 aromatic rings. The van der Waals surface area contributed by atoms with Crippen LogP contribution in [0.15, 0.2) is 10.9 Å². The molecule has 1 aromatic heterocycles. The number of halogens is 3. The zero-order chi connectivity index (χ0) is 16.5. The van der Waals surface area contributed by atoms with E-state index < -0.39 is 23.8 Å². The average molecular weight is 317 g/mol. The van der Waals surface area contributed by atoms with Crippen molar-refractivity contribution in [1.82, 2.24) is 14.5 Å². The summed E-state index contributed by atoms with van der Waals surface area (Å²) >= 11 is 0. The van der Waals surface area contributed by atoms with Crippen LogP contribution >= 0.6 is 0 Å². The predicted octanol–water partition coefficient (Wildman–Crippen LogP) is 1.80. The van der Waals surface area contributed by atoms with Gasteiger partial charge in [0, 0.05) is 30.9 Å². The molecule has 2 heterocycles. The summed E-state index contributed by atoms with van der Waals surface area (Å²) in [6.07, 6.45) is -4.25. The highest BCUT2D eigenvalue weighted by molar-refractivity contribution is 5.76. The Balaban J connectivity index is 2.06. The molecule has 0 spiro atoms. The Bertz CT molecular complexity index is 625. The minimum absolute atomic E-state index is 0.0395. The summed E-state index contributed by atoms with van der Waals surface area (Å²) in [5.74, 6) is -0.577. The smallest absolute Gasteiger partial charge is 0.331 e. The van der Waals surface area contributed by atoms with E-state index in [0.29, 0.717) is 17.8 Å². The second kappa shape index (κ2) is 6.10. The molecule has 1 aliphatic rings. The molecular weight excluding hydrogens is 299 g/mol. The first kappa shape index (κ1) is 16.5. The molecule has 8 heteroatoms. The Hall–Kier alpha value is -1.86. The fourth-order valence-corrected chi connectivity index (χ4v) is 2.80. The van der Waals surface area contributed by atoms with E-state index >= 15 is 0 Å². The third-order valence-electron chi connectivity index (χ3n) is 3.85. The Morgan fingerprint density at radius 1 is 1.41 bits per heavy atom. The predicted molar refractivity (Wildman–Crippen MR) is 73.4 cm³/mol. The number of hydrogen-bond acceptors (Lipinski definition) is 3. The third kappa shape index (κ3) is 3.48. The monoisotopic (exact) mass is 317 g/mol. The van der Waals surface area contributed by atoms with E-state index in [9.17, 15) is 22.8 Å². The normalized spacial score (nSPS) is 18.8. The van der Waals surface area contributed by atoms with Crippen LogP contribution in [0.25, 0.3) is 0 Å². The summed E-state index contributed by atoms with van der Waals surface area (Å²) in [7, 11) is 0. The van der Waals surface area contributed by atoms with E-state index in [2.05, 4.69) is 4.98 Å². The molecule has 0 aliphatic carbocycles. The molecule has 122 valence electrons. The maximum Gasteiger partial charge on any atom is 0.408 e. The molecule has 5 nitrogen and oxygen atoms in total. The molecule has 1 fully saturated rings. The molecule has 1 amide bonds. The van der Waals surface area contributed by atoms with Gasteiger partial charge >= 0.3 is 11.9 Å². The zero-order valence-electron chi connectivity index (χ0n) is 12.5. The van der Waals surface area contributed by atoms with E-state index in [1.54, 1.807) is 19.9 Å². The van der Waals surface area contributed by atoms with Crippen molar-refractivity contribution in [3.8, 4) is 0 Å². The van der Waals surface area contributed by atoms with Gasteiger partial charge in [0.25, 0.3) is 0 Å². The Morgan fingerprint density at radius 2 is 2.09 bits per heavy atom. The van der Waals surface area contributed by atoms with Gasteiger partial charge in [-0.2, -0.15) is 18.2 Å². The maximum atomic E-state index is 12.8. The second-order valence-electron chi connectivity index (χ2n) is 5.51. The minimum atomic E-state index is -4.40. The molecule has 1 atom stereocenters. The fourth-order valence-electron chi connectivity index (χ4n) is 2.80. The van der Waals surface area contributed by atoms with Crippen molar-refractivity contribution >= 4 is 5.91 Å². The standard InChI is InChI=1S/C14H18F3N3O2/c1-9-8-10(2)19(13(22)18-9)7-5-12(21)20-6-3-4-11(20)14(15,16)17/h8,11H,3-7H2,1-2H3/t11-/m1/s1. The van der Waals surface area contributed by atoms with Crippen LogP contribution in [-0.2, 0) is 11.3 Å². The molecule has 0 bridgehead atoms. The van der Waals surface area contributed by atoms with Crippen molar-refractivity contribution < 1.29 is 18.0 Å². The molecular formula is C14H18F3N3O2. The quantitative estimate of drug-likeness (QED) is 0.854. The number of carbonyl (C=O) groups excluding carboxylic acids is 1. The molecule has 0 radical (unpaired) electrons. The van der Waals surface area contributed by atoms with E-state index in [-0.39, 0.29) is 25.9 Å². The lowest BCUT2D eigenvalue weighted by Gasteiger charge is -2.26. The molecule has 0 saturated carbocycles.